The first-order chi connectivity index (χ1) is 5.71. The summed E-state index contributed by atoms with van der Waals surface area (Å²) >= 11 is 3.32. The van der Waals surface area contributed by atoms with Crippen molar-refractivity contribution in [1.29, 1.82) is 0 Å². The first-order valence-corrected chi connectivity index (χ1v) is 4.49. The van der Waals surface area contributed by atoms with Gasteiger partial charge >= 0.3 is 0 Å². The number of ether oxygens (including phenoxy) is 1. The maximum Gasteiger partial charge on any atom is 0.106 e. The van der Waals surface area contributed by atoms with Crippen LogP contribution in [0.3, 0.4) is 0 Å². The molecule has 0 saturated carbocycles. The number of halogens is 1. The van der Waals surface area contributed by atoms with Gasteiger partial charge in [-0.15, -0.1) is 0 Å². The highest BCUT2D eigenvalue weighted by Gasteiger charge is 2.37. The molecule has 1 aliphatic rings. The Morgan fingerprint density at radius 2 is 2.25 bits per heavy atom. The third kappa shape index (κ3) is 1.26. The number of hydrogen-bond acceptors (Lipinski definition) is 3. The second kappa shape index (κ2) is 2.80. The van der Waals surface area contributed by atoms with Crippen molar-refractivity contribution in [3.05, 3.63) is 28.5 Å². The quantitative estimate of drug-likeness (QED) is 0.782. The van der Waals surface area contributed by atoms with Crippen LogP contribution in [0.1, 0.15) is 5.69 Å². The van der Waals surface area contributed by atoms with E-state index in [0.29, 0.717) is 13.2 Å². The highest BCUT2D eigenvalue weighted by Crippen LogP contribution is 2.25. The first-order valence-electron chi connectivity index (χ1n) is 3.69. The Balaban J connectivity index is 2.28. The summed E-state index contributed by atoms with van der Waals surface area (Å²) in [7, 11) is 0. The summed E-state index contributed by atoms with van der Waals surface area (Å²) in [6.45, 7) is 1.14. The SMILES string of the molecule is NC1(c2ccc(Br)cn2)COC1. The van der Waals surface area contributed by atoms with Crippen molar-refractivity contribution in [3.63, 3.8) is 0 Å². The molecular formula is C8H9BrN2O. The Hall–Kier alpha value is -0.450. The van der Waals surface area contributed by atoms with E-state index >= 15 is 0 Å². The fourth-order valence-electron chi connectivity index (χ4n) is 1.14. The number of hydrogen-bond donors (Lipinski definition) is 1. The largest absolute Gasteiger partial charge is 0.377 e. The number of aromatic nitrogens is 1. The molecule has 1 saturated heterocycles. The fraction of sp³-hybridized carbons (Fsp3) is 0.375. The molecule has 4 heteroatoms. The van der Waals surface area contributed by atoms with Crippen molar-refractivity contribution >= 4 is 15.9 Å². The molecule has 0 radical (unpaired) electrons. The Morgan fingerprint density at radius 3 is 2.67 bits per heavy atom. The molecule has 3 nitrogen and oxygen atoms in total. The summed E-state index contributed by atoms with van der Waals surface area (Å²) in [5.74, 6) is 0. The molecule has 12 heavy (non-hydrogen) atoms. The van der Waals surface area contributed by atoms with Gasteiger partial charge in [0.1, 0.15) is 5.54 Å². The molecule has 64 valence electrons. The lowest BCUT2D eigenvalue weighted by atomic mass is 9.94. The molecular weight excluding hydrogens is 220 g/mol. The fourth-order valence-corrected chi connectivity index (χ4v) is 1.37. The molecule has 1 aliphatic heterocycles. The van der Waals surface area contributed by atoms with Crippen LogP contribution in [0.4, 0.5) is 0 Å². The molecule has 1 aromatic heterocycles. The van der Waals surface area contributed by atoms with E-state index in [9.17, 15) is 0 Å². The molecule has 1 fully saturated rings. The van der Waals surface area contributed by atoms with Crippen molar-refractivity contribution in [2.24, 2.45) is 5.73 Å². The van der Waals surface area contributed by atoms with Gasteiger partial charge in [0, 0.05) is 10.7 Å². The minimum absolute atomic E-state index is 0.347. The van der Waals surface area contributed by atoms with Gasteiger partial charge < -0.3 is 10.5 Å². The number of rotatable bonds is 1. The van der Waals surface area contributed by atoms with Crippen molar-refractivity contribution < 1.29 is 4.74 Å². The van der Waals surface area contributed by atoms with E-state index in [2.05, 4.69) is 20.9 Å². The van der Waals surface area contributed by atoms with Crippen LogP contribution in [0.5, 0.6) is 0 Å². The van der Waals surface area contributed by atoms with Crippen LogP contribution in [-0.4, -0.2) is 18.2 Å². The smallest absolute Gasteiger partial charge is 0.106 e. The van der Waals surface area contributed by atoms with Crippen molar-refractivity contribution in [2.45, 2.75) is 5.54 Å². The second-order valence-corrected chi connectivity index (χ2v) is 3.93. The normalized spacial score (nSPS) is 20.2. The van der Waals surface area contributed by atoms with Gasteiger partial charge in [0.2, 0.25) is 0 Å². The Kier molecular flexibility index (Phi) is 1.90. The minimum atomic E-state index is -0.347. The summed E-state index contributed by atoms with van der Waals surface area (Å²) in [5, 5.41) is 0. The number of nitrogens with zero attached hydrogens (tertiary/aromatic N) is 1. The lowest BCUT2D eigenvalue weighted by Crippen LogP contribution is -2.54. The van der Waals surface area contributed by atoms with Crippen LogP contribution in [-0.2, 0) is 10.3 Å². The molecule has 0 atom stereocenters. The molecule has 0 aromatic carbocycles. The topological polar surface area (TPSA) is 48.1 Å². The van der Waals surface area contributed by atoms with Crippen molar-refractivity contribution in [3.8, 4) is 0 Å². The summed E-state index contributed by atoms with van der Waals surface area (Å²) in [6, 6.07) is 3.86. The Morgan fingerprint density at radius 1 is 1.50 bits per heavy atom. The molecule has 2 N–H and O–H groups in total. The van der Waals surface area contributed by atoms with E-state index in [0.717, 1.165) is 10.2 Å². The predicted octanol–water partition coefficient (Wildman–Crippen LogP) is 1.03. The molecule has 0 unspecified atom stereocenters. The van der Waals surface area contributed by atoms with Gasteiger partial charge in [-0.05, 0) is 28.1 Å². The molecule has 1 aromatic rings. The van der Waals surface area contributed by atoms with Crippen LogP contribution < -0.4 is 5.73 Å². The summed E-state index contributed by atoms with van der Waals surface area (Å²) in [4.78, 5) is 4.22. The van der Waals surface area contributed by atoms with Crippen LogP contribution in [0, 0.1) is 0 Å². The number of nitrogens with two attached hydrogens (primary N) is 1. The highest BCUT2D eigenvalue weighted by atomic mass is 79.9. The maximum atomic E-state index is 5.97. The van der Waals surface area contributed by atoms with Gasteiger partial charge in [-0.25, -0.2) is 0 Å². The second-order valence-electron chi connectivity index (χ2n) is 3.01. The maximum absolute atomic E-state index is 5.97. The molecule has 2 heterocycles. The van der Waals surface area contributed by atoms with Crippen molar-refractivity contribution in [1.82, 2.24) is 4.98 Å². The summed E-state index contributed by atoms with van der Waals surface area (Å²) < 4.78 is 6.01. The molecule has 0 aliphatic carbocycles. The van der Waals surface area contributed by atoms with E-state index in [1.807, 2.05) is 12.1 Å². The Labute approximate surface area is 79.1 Å². The molecule has 2 rings (SSSR count). The minimum Gasteiger partial charge on any atom is -0.377 e. The summed E-state index contributed by atoms with van der Waals surface area (Å²) in [6.07, 6.45) is 1.75. The molecule has 0 amide bonds. The third-order valence-electron chi connectivity index (χ3n) is 1.96. The monoisotopic (exact) mass is 228 g/mol. The zero-order valence-electron chi connectivity index (χ0n) is 6.46. The Bertz CT molecular complexity index is 282. The predicted molar refractivity (Wildman–Crippen MR) is 48.6 cm³/mol. The standard InChI is InChI=1S/C8H9BrN2O/c9-6-1-2-7(11-3-6)8(10)4-12-5-8/h1-3H,4-5,10H2. The van der Waals surface area contributed by atoms with Gasteiger partial charge in [0.05, 0.1) is 18.9 Å². The lowest BCUT2D eigenvalue weighted by molar-refractivity contribution is -0.0590. The van der Waals surface area contributed by atoms with Gasteiger partial charge in [0.25, 0.3) is 0 Å². The van der Waals surface area contributed by atoms with E-state index in [4.69, 9.17) is 10.5 Å². The molecule has 0 spiro atoms. The third-order valence-corrected chi connectivity index (χ3v) is 2.43. The van der Waals surface area contributed by atoms with Gasteiger partial charge in [0.15, 0.2) is 0 Å². The summed E-state index contributed by atoms with van der Waals surface area (Å²) in [5.41, 5.74) is 6.52. The van der Waals surface area contributed by atoms with Gasteiger partial charge in [-0.2, -0.15) is 0 Å². The van der Waals surface area contributed by atoms with E-state index in [1.54, 1.807) is 6.20 Å². The zero-order valence-corrected chi connectivity index (χ0v) is 8.04. The van der Waals surface area contributed by atoms with E-state index < -0.39 is 0 Å². The van der Waals surface area contributed by atoms with Crippen LogP contribution >= 0.6 is 15.9 Å². The van der Waals surface area contributed by atoms with E-state index in [1.165, 1.54) is 0 Å². The highest BCUT2D eigenvalue weighted by molar-refractivity contribution is 9.10. The van der Waals surface area contributed by atoms with Gasteiger partial charge in [-0.3, -0.25) is 4.98 Å². The zero-order chi connectivity index (χ0) is 8.60. The van der Waals surface area contributed by atoms with Crippen LogP contribution in [0.2, 0.25) is 0 Å². The van der Waals surface area contributed by atoms with Crippen molar-refractivity contribution in [2.75, 3.05) is 13.2 Å². The van der Waals surface area contributed by atoms with Crippen LogP contribution in [0.25, 0.3) is 0 Å². The number of pyridine rings is 1. The van der Waals surface area contributed by atoms with E-state index in [-0.39, 0.29) is 5.54 Å². The first kappa shape index (κ1) is 8.16. The average Bonchev–Trinajstić information content (AvgIpc) is 2.02. The van der Waals surface area contributed by atoms with Crippen LogP contribution in [0.15, 0.2) is 22.8 Å². The van der Waals surface area contributed by atoms with Gasteiger partial charge in [-0.1, -0.05) is 0 Å². The lowest BCUT2D eigenvalue weighted by Gasteiger charge is -2.36. The molecule has 0 bridgehead atoms. The average molecular weight is 229 g/mol.